The minimum Gasteiger partial charge on any atom is -0.338 e. The monoisotopic (exact) mass is 407 g/mol. The zero-order valence-corrected chi connectivity index (χ0v) is 18.1. The van der Waals surface area contributed by atoms with Gasteiger partial charge in [0.05, 0.1) is 12.5 Å². The maximum absolute atomic E-state index is 12.8. The first-order valence-electron chi connectivity index (χ1n) is 10.2. The highest BCUT2D eigenvalue weighted by Crippen LogP contribution is 2.23. The number of carbonyl (C=O) groups excluding carboxylic acids is 3. The summed E-state index contributed by atoms with van der Waals surface area (Å²) in [5.74, 6) is -0.862. The van der Waals surface area contributed by atoms with Crippen molar-refractivity contribution in [2.75, 3.05) is 25.5 Å². The number of hydrogen-bond donors (Lipinski definition) is 1. The normalized spacial score (nSPS) is 15.9. The number of para-hydroxylation sites is 1. The summed E-state index contributed by atoms with van der Waals surface area (Å²) in [5, 5.41) is 2.90. The molecule has 1 heterocycles. The zero-order chi connectivity index (χ0) is 21.8. The number of benzene rings is 2. The first-order chi connectivity index (χ1) is 14.2. The Balaban J connectivity index is 1.56. The minimum absolute atomic E-state index is 0.0256. The summed E-state index contributed by atoms with van der Waals surface area (Å²) in [4.78, 5) is 40.8. The minimum atomic E-state index is -0.416. The number of rotatable bonds is 6. The highest BCUT2D eigenvalue weighted by atomic mass is 16.2. The lowest BCUT2D eigenvalue weighted by Crippen LogP contribution is -2.39. The molecule has 0 unspecified atom stereocenters. The van der Waals surface area contributed by atoms with Crippen LogP contribution < -0.4 is 5.32 Å². The van der Waals surface area contributed by atoms with Crippen LogP contribution in [0.2, 0.25) is 0 Å². The summed E-state index contributed by atoms with van der Waals surface area (Å²) in [6.45, 7) is 6.73. The lowest BCUT2D eigenvalue weighted by Gasteiger charge is -2.21. The molecular formula is C24H29N3O3. The van der Waals surface area contributed by atoms with E-state index < -0.39 is 5.92 Å². The van der Waals surface area contributed by atoms with Crippen molar-refractivity contribution in [2.24, 2.45) is 5.92 Å². The van der Waals surface area contributed by atoms with Crippen LogP contribution in [0.5, 0.6) is 0 Å². The molecule has 1 N–H and O–H groups in total. The fraction of sp³-hybridized carbons (Fsp3) is 0.375. The van der Waals surface area contributed by atoms with Crippen LogP contribution in [0, 0.1) is 26.7 Å². The van der Waals surface area contributed by atoms with Gasteiger partial charge in [-0.1, -0.05) is 48.0 Å². The smallest absolute Gasteiger partial charge is 0.243 e. The van der Waals surface area contributed by atoms with Gasteiger partial charge < -0.3 is 15.1 Å². The van der Waals surface area contributed by atoms with E-state index >= 15 is 0 Å². The quantitative estimate of drug-likeness (QED) is 0.800. The Morgan fingerprint density at radius 1 is 1.07 bits per heavy atom. The number of anilines is 1. The molecule has 0 bridgehead atoms. The zero-order valence-electron chi connectivity index (χ0n) is 18.1. The van der Waals surface area contributed by atoms with E-state index in [1.165, 1.54) is 10.5 Å². The second-order valence-electron chi connectivity index (χ2n) is 8.17. The SMILES string of the molecule is Cc1ccc(CN2C[C@H](C(=O)N(C)CC(=O)Nc3c(C)cccc3C)CC2=O)cc1. The van der Waals surface area contributed by atoms with Crippen LogP contribution in [0.25, 0.3) is 0 Å². The molecule has 6 nitrogen and oxygen atoms in total. The van der Waals surface area contributed by atoms with Gasteiger partial charge in [0.15, 0.2) is 0 Å². The number of nitrogens with one attached hydrogen (secondary N) is 1. The van der Waals surface area contributed by atoms with Crippen molar-refractivity contribution in [1.29, 1.82) is 0 Å². The van der Waals surface area contributed by atoms with Crippen molar-refractivity contribution in [2.45, 2.75) is 33.7 Å². The van der Waals surface area contributed by atoms with E-state index in [4.69, 9.17) is 0 Å². The first kappa shape index (κ1) is 21.6. The predicted molar refractivity (Wildman–Crippen MR) is 117 cm³/mol. The number of hydrogen-bond acceptors (Lipinski definition) is 3. The molecule has 0 aromatic heterocycles. The van der Waals surface area contributed by atoms with Gasteiger partial charge in [0.25, 0.3) is 0 Å². The summed E-state index contributed by atoms with van der Waals surface area (Å²) in [5.41, 5.74) is 4.95. The van der Waals surface area contributed by atoms with E-state index in [2.05, 4.69) is 5.32 Å². The Kier molecular flexibility index (Phi) is 6.55. The van der Waals surface area contributed by atoms with Gasteiger partial charge in [-0.2, -0.15) is 0 Å². The summed E-state index contributed by atoms with van der Waals surface area (Å²) in [7, 11) is 1.61. The average molecular weight is 408 g/mol. The van der Waals surface area contributed by atoms with Gasteiger partial charge in [0.2, 0.25) is 17.7 Å². The highest BCUT2D eigenvalue weighted by Gasteiger charge is 2.36. The molecule has 1 saturated heterocycles. The molecule has 1 aliphatic rings. The largest absolute Gasteiger partial charge is 0.338 e. The number of likely N-dealkylation sites (N-methyl/N-ethyl adjacent to an activating group) is 1. The van der Waals surface area contributed by atoms with Crippen LogP contribution >= 0.6 is 0 Å². The summed E-state index contributed by atoms with van der Waals surface area (Å²) >= 11 is 0. The fourth-order valence-corrected chi connectivity index (χ4v) is 3.80. The predicted octanol–water partition coefficient (Wildman–Crippen LogP) is 3.06. The molecule has 3 amide bonds. The topological polar surface area (TPSA) is 69.7 Å². The van der Waals surface area contributed by atoms with E-state index in [-0.39, 0.29) is 30.7 Å². The van der Waals surface area contributed by atoms with Crippen molar-refractivity contribution in [1.82, 2.24) is 9.80 Å². The van der Waals surface area contributed by atoms with Crippen molar-refractivity contribution in [3.8, 4) is 0 Å². The molecule has 6 heteroatoms. The Hall–Kier alpha value is -3.15. The molecule has 1 aliphatic heterocycles. The fourth-order valence-electron chi connectivity index (χ4n) is 3.80. The van der Waals surface area contributed by atoms with Gasteiger partial charge in [-0.3, -0.25) is 14.4 Å². The van der Waals surface area contributed by atoms with Gasteiger partial charge in [-0.15, -0.1) is 0 Å². The maximum Gasteiger partial charge on any atom is 0.243 e. The lowest BCUT2D eigenvalue weighted by molar-refractivity contribution is -0.137. The molecule has 1 fully saturated rings. The Labute approximate surface area is 177 Å². The van der Waals surface area contributed by atoms with Crippen LogP contribution in [-0.4, -0.2) is 47.7 Å². The third-order valence-electron chi connectivity index (χ3n) is 5.56. The van der Waals surface area contributed by atoms with Gasteiger partial charge in [-0.25, -0.2) is 0 Å². The molecule has 0 aliphatic carbocycles. The number of aryl methyl sites for hydroxylation is 3. The van der Waals surface area contributed by atoms with Crippen LogP contribution in [0.1, 0.15) is 28.7 Å². The molecule has 0 radical (unpaired) electrons. The van der Waals surface area contributed by atoms with Gasteiger partial charge >= 0.3 is 0 Å². The molecule has 0 spiro atoms. The van der Waals surface area contributed by atoms with E-state index in [0.717, 1.165) is 22.4 Å². The number of nitrogens with zero attached hydrogens (tertiary/aromatic N) is 2. The van der Waals surface area contributed by atoms with Gasteiger partial charge in [0.1, 0.15) is 0 Å². The van der Waals surface area contributed by atoms with Crippen LogP contribution in [0.15, 0.2) is 42.5 Å². The molecule has 158 valence electrons. The van der Waals surface area contributed by atoms with Crippen molar-refractivity contribution in [3.63, 3.8) is 0 Å². The average Bonchev–Trinajstić information content (AvgIpc) is 3.06. The van der Waals surface area contributed by atoms with E-state index in [1.807, 2.05) is 63.2 Å². The number of likely N-dealkylation sites (tertiary alicyclic amines) is 1. The van der Waals surface area contributed by atoms with Crippen LogP contribution in [-0.2, 0) is 20.9 Å². The molecule has 2 aromatic carbocycles. The summed E-state index contributed by atoms with van der Waals surface area (Å²) < 4.78 is 0. The van der Waals surface area contributed by atoms with Crippen molar-refractivity contribution < 1.29 is 14.4 Å². The van der Waals surface area contributed by atoms with Crippen molar-refractivity contribution in [3.05, 3.63) is 64.7 Å². The third-order valence-corrected chi connectivity index (χ3v) is 5.56. The maximum atomic E-state index is 12.8. The highest BCUT2D eigenvalue weighted by molar-refractivity contribution is 5.97. The Bertz CT molecular complexity index is 932. The number of carbonyl (C=O) groups is 3. The van der Waals surface area contributed by atoms with E-state index in [0.29, 0.717) is 13.1 Å². The van der Waals surface area contributed by atoms with E-state index in [9.17, 15) is 14.4 Å². The Morgan fingerprint density at radius 2 is 1.70 bits per heavy atom. The lowest BCUT2D eigenvalue weighted by atomic mass is 10.1. The Morgan fingerprint density at radius 3 is 2.33 bits per heavy atom. The first-order valence-corrected chi connectivity index (χ1v) is 10.2. The summed E-state index contributed by atoms with van der Waals surface area (Å²) in [6, 6.07) is 13.8. The third kappa shape index (κ3) is 5.06. The standard InChI is InChI=1S/C24H29N3O3/c1-16-8-10-19(11-9-16)13-27-14-20(12-22(27)29)24(30)26(4)15-21(28)25-23-17(2)6-5-7-18(23)3/h5-11,20H,12-15H2,1-4H3,(H,25,28)/t20-/m1/s1. The van der Waals surface area contributed by atoms with Crippen LogP contribution in [0.3, 0.4) is 0 Å². The molecular weight excluding hydrogens is 378 g/mol. The second kappa shape index (κ2) is 9.11. The van der Waals surface area contributed by atoms with Crippen LogP contribution in [0.4, 0.5) is 5.69 Å². The van der Waals surface area contributed by atoms with E-state index in [1.54, 1.807) is 11.9 Å². The second-order valence-corrected chi connectivity index (χ2v) is 8.17. The molecule has 0 saturated carbocycles. The number of amides is 3. The van der Waals surface area contributed by atoms with Gasteiger partial charge in [0, 0.05) is 32.2 Å². The molecule has 1 atom stereocenters. The molecule has 30 heavy (non-hydrogen) atoms. The summed E-state index contributed by atoms with van der Waals surface area (Å²) in [6.07, 6.45) is 0.188. The molecule has 3 rings (SSSR count). The van der Waals surface area contributed by atoms with Gasteiger partial charge in [-0.05, 0) is 37.5 Å². The molecule has 2 aromatic rings. The van der Waals surface area contributed by atoms with Crippen molar-refractivity contribution >= 4 is 23.4 Å².